The number of carbonyl (C=O) groups excluding carboxylic acids is 1. The van der Waals surface area contributed by atoms with E-state index in [4.69, 9.17) is 0 Å². The van der Waals surface area contributed by atoms with Crippen LogP contribution in [-0.4, -0.2) is 23.4 Å². The summed E-state index contributed by atoms with van der Waals surface area (Å²) < 4.78 is 40.6. The van der Waals surface area contributed by atoms with E-state index in [2.05, 4.69) is 20.7 Å². The molecule has 0 N–H and O–H groups in total. The SMILES string of the molecule is O=C(C(Br)Cc1ccc(OCC(F)(F)F)cc1)C1CC1. The molecule has 1 aromatic rings. The third kappa shape index (κ3) is 4.81. The summed E-state index contributed by atoms with van der Waals surface area (Å²) in [6.07, 6.45) is -1.87. The third-order valence-electron chi connectivity index (χ3n) is 3.03. The highest BCUT2D eigenvalue weighted by Gasteiger charge is 2.33. The van der Waals surface area contributed by atoms with Crippen LogP contribution in [0, 0.1) is 5.92 Å². The number of benzene rings is 1. The zero-order chi connectivity index (χ0) is 14.8. The first kappa shape index (κ1) is 15.4. The molecule has 1 unspecified atom stereocenters. The number of hydrogen-bond acceptors (Lipinski definition) is 2. The summed E-state index contributed by atoms with van der Waals surface area (Å²) in [6.45, 7) is -1.30. The zero-order valence-electron chi connectivity index (χ0n) is 10.6. The normalized spacial score (nSPS) is 16.8. The monoisotopic (exact) mass is 350 g/mol. The van der Waals surface area contributed by atoms with Crippen molar-refractivity contribution in [2.24, 2.45) is 5.92 Å². The summed E-state index contributed by atoms with van der Waals surface area (Å²) in [5, 5.41) is 0. The van der Waals surface area contributed by atoms with E-state index in [1.54, 1.807) is 12.1 Å². The van der Waals surface area contributed by atoms with Crippen LogP contribution < -0.4 is 4.74 Å². The van der Waals surface area contributed by atoms with Gasteiger partial charge in [0.05, 0.1) is 4.83 Å². The molecular weight excluding hydrogens is 337 g/mol. The van der Waals surface area contributed by atoms with Gasteiger partial charge in [-0.3, -0.25) is 4.79 Å². The number of rotatable bonds is 6. The third-order valence-corrected chi connectivity index (χ3v) is 3.80. The smallest absolute Gasteiger partial charge is 0.422 e. The van der Waals surface area contributed by atoms with E-state index in [0.29, 0.717) is 6.42 Å². The van der Waals surface area contributed by atoms with Crippen LogP contribution in [0.3, 0.4) is 0 Å². The van der Waals surface area contributed by atoms with Crippen molar-refractivity contribution >= 4 is 21.7 Å². The van der Waals surface area contributed by atoms with E-state index in [9.17, 15) is 18.0 Å². The van der Waals surface area contributed by atoms with Crippen LogP contribution in [0.15, 0.2) is 24.3 Å². The minimum Gasteiger partial charge on any atom is -0.484 e. The van der Waals surface area contributed by atoms with Gasteiger partial charge in [0.15, 0.2) is 6.61 Å². The van der Waals surface area contributed by atoms with E-state index in [0.717, 1.165) is 18.4 Å². The van der Waals surface area contributed by atoms with Crippen molar-refractivity contribution in [3.8, 4) is 5.75 Å². The highest BCUT2D eigenvalue weighted by atomic mass is 79.9. The quantitative estimate of drug-likeness (QED) is 0.727. The highest BCUT2D eigenvalue weighted by molar-refractivity contribution is 9.10. The summed E-state index contributed by atoms with van der Waals surface area (Å²) in [6, 6.07) is 6.34. The van der Waals surface area contributed by atoms with Gasteiger partial charge in [0.2, 0.25) is 0 Å². The lowest BCUT2D eigenvalue weighted by molar-refractivity contribution is -0.153. The molecule has 0 radical (unpaired) electrons. The second kappa shape index (κ2) is 6.16. The largest absolute Gasteiger partial charge is 0.484 e. The fourth-order valence-corrected chi connectivity index (χ4v) is 2.57. The van der Waals surface area contributed by atoms with E-state index in [1.807, 2.05) is 0 Å². The van der Waals surface area contributed by atoms with Crippen LogP contribution >= 0.6 is 15.9 Å². The number of halogens is 4. The Balaban J connectivity index is 1.86. The van der Waals surface area contributed by atoms with E-state index in [1.165, 1.54) is 12.1 Å². The van der Waals surface area contributed by atoms with Crippen molar-refractivity contribution in [1.29, 1.82) is 0 Å². The topological polar surface area (TPSA) is 26.3 Å². The lowest BCUT2D eigenvalue weighted by atomic mass is 10.1. The van der Waals surface area contributed by atoms with Gasteiger partial charge in [0, 0.05) is 5.92 Å². The molecule has 0 amide bonds. The molecular formula is C14H14BrF3O2. The first-order chi connectivity index (χ1) is 9.35. The van der Waals surface area contributed by atoms with E-state index >= 15 is 0 Å². The van der Waals surface area contributed by atoms with Gasteiger partial charge in [-0.2, -0.15) is 13.2 Å². The van der Waals surface area contributed by atoms with Crippen LogP contribution in [0.4, 0.5) is 13.2 Å². The molecule has 1 aromatic carbocycles. The number of Topliss-reactive ketones (excluding diaryl/α,β-unsaturated/α-hetero) is 1. The van der Waals surface area contributed by atoms with Crippen molar-refractivity contribution < 1.29 is 22.7 Å². The molecule has 2 nitrogen and oxygen atoms in total. The van der Waals surface area contributed by atoms with E-state index < -0.39 is 12.8 Å². The molecule has 1 aliphatic rings. The maximum Gasteiger partial charge on any atom is 0.422 e. The summed E-state index contributed by atoms with van der Waals surface area (Å²) in [5.74, 6) is 0.571. The molecule has 1 aliphatic carbocycles. The summed E-state index contributed by atoms with van der Waals surface area (Å²) in [4.78, 5) is 11.6. The Morgan fingerprint density at radius 1 is 1.30 bits per heavy atom. The van der Waals surface area contributed by atoms with Crippen LogP contribution in [0.5, 0.6) is 5.75 Å². The number of alkyl halides is 4. The van der Waals surface area contributed by atoms with Crippen molar-refractivity contribution in [2.45, 2.75) is 30.3 Å². The van der Waals surface area contributed by atoms with Gasteiger partial charge in [0.1, 0.15) is 11.5 Å². The number of ketones is 1. The van der Waals surface area contributed by atoms with Gasteiger partial charge in [-0.15, -0.1) is 0 Å². The molecule has 0 spiro atoms. The molecule has 6 heteroatoms. The number of hydrogen-bond donors (Lipinski definition) is 0. The first-order valence-corrected chi connectivity index (χ1v) is 7.23. The molecule has 2 rings (SSSR count). The standard InChI is InChI=1S/C14H14BrF3O2/c15-12(13(19)10-3-4-10)7-9-1-5-11(6-2-9)20-8-14(16,17)18/h1-2,5-6,10,12H,3-4,7-8H2. The fraction of sp³-hybridized carbons (Fsp3) is 0.500. The van der Waals surface area contributed by atoms with E-state index in [-0.39, 0.29) is 22.3 Å². The molecule has 0 saturated heterocycles. The van der Waals surface area contributed by atoms with Crippen molar-refractivity contribution in [1.82, 2.24) is 0 Å². The molecule has 1 fully saturated rings. The van der Waals surface area contributed by atoms with Crippen molar-refractivity contribution in [2.75, 3.05) is 6.61 Å². The molecule has 1 saturated carbocycles. The van der Waals surface area contributed by atoms with Gasteiger partial charge in [-0.05, 0) is 37.0 Å². The Kier molecular flexibility index (Phi) is 4.73. The Hall–Kier alpha value is -1.04. The lowest BCUT2D eigenvalue weighted by Gasteiger charge is -2.11. The summed E-state index contributed by atoms with van der Waals surface area (Å²) >= 11 is 3.37. The molecule has 0 heterocycles. The van der Waals surface area contributed by atoms with Crippen molar-refractivity contribution in [3.05, 3.63) is 29.8 Å². The highest BCUT2D eigenvalue weighted by Crippen LogP contribution is 2.33. The van der Waals surface area contributed by atoms with Gasteiger partial charge in [0.25, 0.3) is 0 Å². The van der Waals surface area contributed by atoms with Crippen LogP contribution in [-0.2, 0) is 11.2 Å². The summed E-state index contributed by atoms with van der Waals surface area (Å²) in [5.41, 5.74) is 0.889. The summed E-state index contributed by atoms with van der Waals surface area (Å²) in [7, 11) is 0. The predicted molar refractivity (Wildman–Crippen MR) is 72.1 cm³/mol. The van der Waals surface area contributed by atoms with Crippen LogP contribution in [0.25, 0.3) is 0 Å². The zero-order valence-corrected chi connectivity index (χ0v) is 12.2. The van der Waals surface area contributed by atoms with Crippen molar-refractivity contribution in [3.63, 3.8) is 0 Å². The second-order valence-electron chi connectivity index (χ2n) is 4.90. The molecule has 1 atom stereocenters. The Bertz CT molecular complexity index is 466. The Labute approximate surface area is 123 Å². The molecule has 20 heavy (non-hydrogen) atoms. The predicted octanol–water partition coefficient (Wildman–Crippen LogP) is 3.91. The molecule has 110 valence electrons. The molecule has 0 aliphatic heterocycles. The maximum atomic E-state index is 12.0. The minimum atomic E-state index is -4.34. The Morgan fingerprint density at radius 2 is 1.90 bits per heavy atom. The lowest BCUT2D eigenvalue weighted by Crippen LogP contribution is -2.19. The van der Waals surface area contributed by atoms with Gasteiger partial charge < -0.3 is 4.74 Å². The van der Waals surface area contributed by atoms with Gasteiger partial charge in [-0.25, -0.2) is 0 Å². The first-order valence-electron chi connectivity index (χ1n) is 6.31. The van der Waals surface area contributed by atoms with Crippen LogP contribution in [0.1, 0.15) is 18.4 Å². The average Bonchev–Trinajstić information content (AvgIpc) is 3.20. The van der Waals surface area contributed by atoms with Crippen LogP contribution in [0.2, 0.25) is 0 Å². The fourth-order valence-electron chi connectivity index (χ4n) is 1.82. The number of carbonyl (C=O) groups is 1. The minimum absolute atomic E-state index is 0.172. The van der Waals surface area contributed by atoms with Gasteiger partial charge in [-0.1, -0.05) is 28.1 Å². The van der Waals surface area contributed by atoms with Gasteiger partial charge >= 0.3 is 6.18 Å². The molecule has 0 aromatic heterocycles. The Morgan fingerprint density at radius 3 is 2.40 bits per heavy atom. The number of ether oxygens (including phenoxy) is 1. The second-order valence-corrected chi connectivity index (χ2v) is 6.00. The molecule has 0 bridgehead atoms. The average molecular weight is 351 g/mol. The maximum absolute atomic E-state index is 12.0.